The standard InChI is InChI=1S/C26H27Cl2N3O4S.C22H31N3O5S/c1-16(22-4-3-5-23(27)25(22)28)30-26(32)31-20-6-8-21(9-7-20)36(33,34)15-19-12-17-10-11-29-14-18(17)13-24(19)35-2;1-15(17-8-6-7-9-19(17)29-4)24-21(26)25-18-11-10-16(12-20(18)30-5)31(27,28)14-22(2,3)13-23/h3-9,12-13,16,29H,10-11,14-15H2,1-2H3,(H2,30,31,32);6-12,15H,13-14,23H2,1-5H3,(H2,24,25,26). The van der Waals surface area contributed by atoms with Crippen molar-refractivity contribution < 1.29 is 40.6 Å². The van der Waals surface area contributed by atoms with Crippen LogP contribution >= 0.6 is 23.2 Å². The minimum absolute atomic E-state index is 0.0939. The van der Waals surface area contributed by atoms with Crippen LogP contribution in [0.2, 0.25) is 10.0 Å². The van der Waals surface area contributed by atoms with E-state index >= 15 is 0 Å². The number of rotatable bonds is 16. The number of amides is 4. The van der Waals surface area contributed by atoms with Crippen LogP contribution < -0.4 is 46.5 Å². The second kappa shape index (κ2) is 23.0. The maximum atomic E-state index is 13.1. The Kier molecular flexibility index (Phi) is 18.0. The van der Waals surface area contributed by atoms with Crippen LogP contribution in [0.5, 0.6) is 17.2 Å². The van der Waals surface area contributed by atoms with Crippen molar-refractivity contribution in [3.63, 3.8) is 0 Å². The fraction of sp³-hybridized carbons (Fsp3) is 0.333. The summed E-state index contributed by atoms with van der Waals surface area (Å²) in [6.07, 6.45) is 0.844. The van der Waals surface area contributed by atoms with Gasteiger partial charge in [-0.25, -0.2) is 26.4 Å². The topological polar surface area (TPSA) is 216 Å². The Morgan fingerprint density at radius 3 is 1.99 bits per heavy atom. The Labute approximate surface area is 403 Å². The maximum absolute atomic E-state index is 13.1. The number of methoxy groups -OCH3 is 3. The molecule has 2 atom stereocenters. The number of hydrogen-bond donors (Lipinski definition) is 6. The molecule has 19 heteroatoms. The van der Waals surface area contributed by atoms with Crippen molar-refractivity contribution in [3.05, 3.63) is 135 Å². The number of nitrogens with one attached hydrogen (secondary N) is 5. The first-order valence-corrected chi connectivity index (χ1v) is 25.3. The normalized spacial score (nSPS) is 13.4. The lowest BCUT2D eigenvalue weighted by atomic mass is 9.97. The van der Waals surface area contributed by atoms with Gasteiger partial charge in [0.15, 0.2) is 19.7 Å². The molecule has 67 heavy (non-hydrogen) atoms. The molecule has 1 aliphatic heterocycles. The Balaban J connectivity index is 0.000000254. The molecule has 0 aliphatic carbocycles. The third-order valence-electron chi connectivity index (χ3n) is 11.0. The van der Waals surface area contributed by atoms with Crippen LogP contribution in [0.4, 0.5) is 21.0 Å². The SMILES string of the molecule is COc1cc(S(=O)(=O)CC(C)(C)CN)ccc1NC(=O)NC(C)c1ccccc1OC.COc1cc2c(cc1CS(=O)(=O)c1ccc(NC(=O)NC(C)c3cccc(Cl)c3Cl)cc1)CCNC2. The fourth-order valence-electron chi connectivity index (χ4n) is 7.28. The number of halogens is 2. The summed E-state index contributed by atoms with van der Waals surface area (Å²) in [4.78, 5) is 25.3. The molecule has 7 N–H and O–H groups in total. The molecule has 15 nitrogen and oxygen atoms in total. The predicted octanol–water partition coefficient (Wildman–Crippen LogP) is 8.85. The summed E-state index contributed by atoms with van der Waals surface area (Å²) in [6, 6.07) is 25.3. The quantitative estimate of drug-likeness (QED) is 0.0549. The summed E-state index contributed by atoms with van der Waals surface area (Å²) in [6.45, 7) is 9.06. The number of para-hydroxylation sites is 1. The van der Waals surface area contributed by atoms with E-state index in [1.807, 2.05) is 43.3 Å². The third kappa shape index (κ3) is 14.0. The van der Waals surface area contributed by atoms with Gasteiger partial charge in [-0.15, -0.1) is 0 Å². The van der Waals surface area contributed by atoms with E-state index in [0.29, 0.717) is 44.0 Å². The number of sulfone groups is 2. The number of fused-ring (bicyclic) bond motifs is 1. The van der Waals surface area contributed by atoms with Crippen LogP contribution in [-0.4, -0.2) is 69.1 Å². The van der Waals surface area contributed by atoms with E-state index in [1.54, 1.807) is 65.3 Å². The van der Waals surface area contributed by atoms with Crippen LogP contribution in [-0.2, 0) is 38.4 Å². The van der Waals surface area contributed by atoms with Gasteiger partial charge in [-0.1, -0.05) is 73.4 Å². The third-order valence-corrected chi connectivity index (χ3v) is 15.6. The molecule has 2 unspecified atom stereocenters. The second-order valence-electron chi connectivity index (χ2n) is 16.7. The zero-order valence-corrected chi connectivity index (χ0v) is 41.6. The van der Waals surface area contributed by atoms with Crippen LogP contribution in [0.1, 0.15) is 67.6 Å². The first-order valence-electron chi connectivity index (χ1n) is 21.3. The lowest BCUT2D eigenvalue weighted by Gasteiger charge is -2.22. The molecule has 0 radical (unpaired) electrons. The minimum Gasteiger partial charge on any atom is -0.496 e. The molecule has 1 heterocycles. The van der Waals surface area contributed by atoms with Crippen LogP contribution in [0.15, 0.2) is 107 Å². The van der Waals surface area contributed by atoms with Crippen molar-refractivity contribution in [2.24, 2.45) is 11.1 Å². The second-order valence-corrected chi connectivity index (χ2v) is 21.4. The summed E-state index contributed by atoms with van der Waals surface area (Å²) in [5.74, 6) is 1.20. The highest BCUT2D eigenvalue weighted by Gasteiger charge is 2.28. The molecule has 0 saturated heterocycles. The number of carbonyl (C=O) groups is 2. The highest BCUT2D eigenvalue weighted by molar-refractivity contribution is 7.91. The largest absolute Gasteiger partial charge is 0.496 e. The van der Waals surface area contributed by atoms with Crippen LogP contribution in [0, 0.1) is 5.41 Å². The predicted molar refractivity (Wildman–Crippen MR) is 264 cm³/mol. The Morgan fingerprint density at radius 1 is 0.716 bits per heavy atom. The number of hydrogen-bond acceptors (Lipinski definition) is 11. The van der Waals surface area contributed by atoms with Gasteiger partial charge in [-0.05, 0) is 110 Å². The van der Waals surface area contributed by atoms with Crippen molar-refractivity contribution >= 4 is 66.3 Å². The molecule has 1 aliphatic rings. The highest BCUT2D eigenvalue weighted by atomic mass is 35.5. The molecule has 0 fully saturated rings. The molecule has 360 valence electrons. The van der Waals surface area contributed by atoms with Gasteiger partial charge in [0, 0.05) is 29.4 Å². The Morgan fingerprint density at radius 2 is 1.33 bits per heavy atom. The van der Waals surface area contributed by atoms with E-state index < -0.39 is 43.2 Å². The van der Waals surface area contributed by atoms with E-state index in [0.717, 1.165) is 36.2 Å². The first kappa shape index (κ1) is 52.4. The molecule has 5 aromatic carbocycles. The molecule has 0 aromatic heterocycles. The van der Waals surface area contributed by atoms with Gasteiger partial charge < -0.3 is 46.5 Å². The highest BCUT2D eigenvalue weighted by Crippen LogP contribution is 2.33. The monoisotopic (exact) mass is 996 g/mol. The van der Waals surface area contributed by atoms with Crippen molar-refractivity contribution in [1.29, 1.82) is 0 Å². The number of carbonyl (C=O) groups excluding carboxylic acids is 2. The number of ether oxygens (including phenoxy) is 3. The average Bonchev–Trinajstić information content (AvgIpc) is 3.29. The van der Waals surface area contributed by atoms with Crippen molar-refractivity contribution in [2.75, 3.05) is 50.8 Å². The number of benzene rings is 5. The van der Waals surface area contributed by atoms with Gasteiger partial charge >= 0.3 is 12.1 Å². The number of urea groups is 2. The van der Waals surface area contributed by atoms with Gasteiger partial charge in [0.25, 0.3) is 0 Å². The lowest BCUT2D eigenvalue weighted by Crippen LogP contribution is -2.32. The molecular formula is C48H58Cl2N6O9S2. The zero-order valence-electron chi connectivity index (χ0n) is 38.5. The van der Waals surface area contributed by atoms with Gasteiger partial charge in [-0.2, -0.15) is 0 Å². The molecule has 6 rings (SSSR count). The molecular weight excluding hydrogens is 940 g/mol. The van der Waals surface area contributed by atoms with Gasteiger partial charge in [0.2, 0.25) is 0 Å². The smallest absolute Gasteiger partial charge is 0.319 e. The van der Waals surface area contributed by atoms with Crippen LogP contribution in [0.3, 0.4) is 0 Å². The Hall–Kier alpha value is -5.56. The summed E-state index contributed by atoms with van der Waals surface area (Å²) < 4.78 is 67.9. The van der Waals surface area contributed by atoms with Gasteiger partial charge in [-0.3, -0.25) is 0 Å². The van der Waals surface area contributed by atoms with Crippen molar-refractivity contribution in [1.82, 2.24) is 16.0 Å². The van der Waals surface area contributed by atoms with Gasteiger partial charge in [0.05, 0.1) is 70.4 Å². The maximum Gasteiger partial charge on any atom is 0.319 e. The average molecular weight is 998 g/mol. The minimum atomic E-state index is -3.63. The van der Waals surface area contributed by atoms with E-state index in [4.69, 9.17) is 43.1 Å². The lowest BCUT2D eigenvalue weighted by molar-refractivity contribution is 0.248. The summed E-state index contributed by atoms with van der Waals surface area (Å²) in [5.41, 5.74) is 10.3. The Bertz CT molecular complexity index is 2780. The summed E-state index contributed by atoms with van der Waals surface area (Å²) in [7, 11) is -2.68. The molecule has 0 spiro atoms. The summed E-state index contributed by atoms with van der Waals surface area (Å²) >= 11 is 12.3. The zero-order chi connectivity index (χ0) is 49.1. The van der Waals surface area contributed by atoms with E-state index in [1.165, 1.54) is 37.4 Å². The number of anilines is 2. The van der Waals surface area contributed by atoms with Crippen molar-refractivity contribution in [2.45, 2.75) is 68.3 Å². The molecule has 0 saturated carbocycles. The fourth-order valence-corrected chi connectivity index (χ4v) is 11.0. The number of nitrogens with two attached hydrogens (primary N) is 1. The van der Waals surface area contributed by atoms with Gasteiger partial charge in [0.1, 0.15) is 17.2 Å². The van der Waals surface area contributed by atoms with E-state index in [2.05, 4.69) is 26.6 Å². The van der Waals surface area contributed by atoms with E-state index in [9.17, 15) is 26.4 Å². The van der Waals surface area contributed by atoms with E-state index in [-0.39, 0.29) is 39.6 Å². The first-order chi connectivity index (χ1) is 31.7. The summed E-state index contributed by atoms with van der Waals surface area (Å²) in [5, 5.41) is 15.2. The molecule has 4 amide bonds. The van der Waals surface area contributed by atoms with Crippen molar-refractivity contribution in [3.8, 4) is 17.2 Å². The molecule has 5 aromatic rings. The molecule has 0 bridgehead atoms. The van der Waals surface area contributed by atoms with Crippen LogP contribution in [0.25, 0.3) is 0 Å².